The monoisotopic (exact) mass is 315 g/mol. The van der Waals surface area contributed by atoms with Crippen molar-refractivity contribution in [1.29, 1.82) is 0 Å². The van der Waals surface area contributed by atoms with Crippen LogP contribution >= 0.6 is 11.6 Å². The lowest BCUT2D eigenvalue weighted by Crippen LogP contribution is -2.06. The van der Waals surface area contributed by atoms with E-state index in [0.29, 0.717) is 17.2 Å². The molecule has 0 amide bonds. The Bertz CT molecular complexity index is 826. The van der Waals surface area contributed by atoms with Crippen LogP contribution in [0.25, 0.3) is 22.4 Å². The van der Waals surface area contributed by atoms with Crippen LogP contribution in [-0.4, -0.2) is 15.0 Å². The van der Waals surface area contributed by atoms with Crippen molar-refractivity contribution < 1.29 is 17.6 Å². The van der Waals surface area contributed by atoms with Crippen LogP contribution in [0, 0.1) is 5.82 Å². The number of hydrogen-bond acceptors (Lipinski definition) is 2. The highest BCUT2D eigenvalue weighted by Crippen LogP contribution is 2.34. The van der Waals surface area contributed by atoms with E-state index in [1.165, 1.54) is 18.2 Å². The van der Waals surface area contributed by atoms with Crippen LogP contribution in [0.3, 0.4) is 0 Å². The summed E-state index contributed by atoms with van der Waals surface area (Å²) in [4.78, 5) is 10.3. The zero-order valence-electron chi connectivity index (χ0n) is 10.2. The SMILES string of the molecule is Fc1ccc2nc(-c3cc(C(F)(F)F)cnc3Cl)[nH]c2c1. The minimum atomic E-state index is -4.54. The maximum atomic E-state index is 13.1. The number of nitrogens with zero attached hydrogens (tertiary/aromatic N) is 2. The Labute approximate surface area is 120 Å². The lowest BCUT2D eigenvalue weighted by Gasteiger charge is -2.08. The number of aromatic nitrogens is 3. The Hall–Kier alpha value is -2.15. The van der Waals surface area contributed by atoms with Crippen molar-refractivity contribution in [3.63, 3.8) is 0 Å². The largest absolute Gasteiger partial charge is 0.417 e. The number of H-pyrrole nitrogens is 1. The van der Waals surface area contributed by atoms with Gasteiger partial charge in [-0.3, -0.25) is 0 Å². The van der Waals surface area contributed by atoms with Gasteiger partial charge in [0, 0.05) is 6.20 Å². The first kappa shape index (κ1) is 13.8. The van der Waals surface area contributed by atoms with Crippen LogP contribution in [0.4, 0.5) is 17.6 Å². The molecule has 3 rings (SSSR count). The number of fused-ring (bicyclic) bond motifs is 1. The van der Waals surface area contributed by atoms with Gasteiger partial charge in [0.25, 0.3) is 0 Å². The summed E-state index contributed by atoms with van der Waals surface area (Å²) in [5, 5.41) is -0.123. The molecule has 21 heavy (non-hydrogen) atoms. The molecule has 0 aliphatic heterocycles. The van der Waals surface area contributed by atoms with Crippen LogP contribution in [0.2, 0.25) is 5.15 Å². The molecule has 0 aliphatic carbocycles. The fraction of sp³-hybridized carbons (Fsp3) is 0.0769. The normalized spacial score (nSPS) is 12.0. The third-order valence-corrected chi connectivity index (χ3v) is 3.17. The van der Waals surface area contributed by atoms with Gasteiger partial charge in [-0.1, -0.05) is 11.6 Å². The number of nitrogens with one attached hydrogen (secondary N) is 1. The third-order valence-electron chi connectivity index (χ3n) is 2.87. The summed E-state index contributed by atoms with van der Waals surface area (Å²) in [5.74, 6) is -0.384. The van der Waals surface area contributed by atoms with E-state index < -0.39 is 17.6 Å². The molecule has 1 N–H and O–H groups in total. The van der Waals surface area contributed by atoms with Crippen molar-refractivity contribution in [2.75, 3.05) is 0 Å². The summed E-state index contributed by atoms with van der Waals surface area (Å²) in [7, 11) is 0. The molecule has 108 valence electrons. The van der Waals surface area contributed by atoms with Crippen molar-refractivity contribution in [3.05, 3.63) is 47.0 Å². The molecule has 3 aromatic rings. The molecule has 0 spiro atoms. The van der Waals surface area contributed by atoms with Gasteiger partial charge in [0.1, 0.15) is 16.8 Å². The van der Waals surface area contributed by atoms with E-state index in [9.17, 15) is 17.6 Å². The number of pyridine rings is 1. The lowest BCUT2D eigenvalue weighted by molar-refractivity contribution is -0.137. The molecular weight excluding hydrogens is 310 g/mol. The molecule has 0 atom stereocenters. The highest BCUT2D eigenvalue weighted by atomic mass is 35.5. The van der Waals surface area contributed by atoms with Crippen LogP contribution in [-0.2, 0) is 6.18 Å². The van der Waals surface area contributed by atoms with Crippen molar-refractivity contribution in [2.24, 2.45) is 0 Å². The molecule has 0 saturated carbocycles. The minimum absolute atomic E-state index is 0.00287. The third kappa shape index (κ3) is 2.56. The number of alkyl halides is 3. The first-order valence-corrected chi connectivity index (χ1v) is 6.11. The number of imidazole rings is 1. The topological polar surface area (TPSA) is 41.6 Å². The Morgan fingerprint density at radius 1 is 1.14 bits per heavy atom. The molecule has 0 radical (unpaired) electrons. The highest BCUT2D eigenvalue weighted by molar-refractivity contribution is 6.32. The average molecular weight is 316 g/mol. The number of halogens is 5. The minimum Gasteiger partial charge on any atom is -0.338 e. The van der Waals surface area contributed by atoms with Gasteiger partial charge in [0.15, 0.2) is 0 Å². The smallest absolute Gasteiger partial charge is 0.338 e. The first-order valence-electron chi connectivity index (χ1n) is 5.73. The second-order valence-electron chi connectivity index (χ2n) is 4.31. The molecule has 2 heterocycles. The predicted octanol–water partition coefficient (Wildman–Crippen LogP) is 4.44. The van der Waals surface area contributed by atoms with Gasteiger partial charge in [-0.2, -0.15) is 13.2 Å². The molecule has 0 aliphatic rings. The zero-order chi connectivity index (χ0) is 15.2. The molecular formula is C13H6ClF4N3. The fourth-order valence-electron chi connectivity index (χ4n) is 1.88. The Kier molecular flexibility index (Phi) is 3.09. The van der Waals surface area contributed by atoms with Gasteiger partial charge in [0.05, 0.1) is 22.2 Å². The molecule has 1 aromatic carbocycles. The highest BCUT2D eigenvalue weighted by Gasteiger charge is 2.32. The summed E-state index contributed by atoms with van der Waals surface area (Å²) in [5.41, 5.74) is -0.157. The summed E-state index contributed by atoms with van der Waals surface area (Å²) in [6.45, 7) is 0. The van der Waals surface area contributed by atoms with E-state index in [1.54, 1.807) is 0 Å². The fourth-order valence-corrected chi connectivity index (χ4v) is 2.07. The van der Waals surface area contributed by atoms with E-state index in [2.05, 4.69) is 15.0 Å². The number of hydrogen-bond donors (Lipinski definition) is 1. The van der Waals surface area contributed by atoms with E-state index in [1.807, 2.05) is 0 Å². The van der Waals surface area contributed by atoms with Gasteiger partial charge >= 0.3 is 6.18 Å². The van der Waals surface area contributed by atoms with Crippen LogP contribution < -0.4 is 0 Å². The summed E-state index contributed by atoms with van der Waals surface area (Å²) in [6, 6.07) is 4.67. The molecule has 2 aromatic heterocycles. The molecule has 0 fully saturated rings. The van der Waals surface area contributed by atoms with E-state index >= 15 is 0 Å². The zero-order valence-corrected chi connectivity index (χ0v) is 10.9. The number of aromatic amines is 1. The van der Waals surface area contributed by atoms with Crippen molar-refractivity contribution in [3.8, 4) is 11.4 Å². The molecule has 0 saturated heterocycles. The average Bonchev–Trinajstić information content (AvgIpc) is 2.80. The van der Waals surface area contributed by atoms with Crippen LogP contribution in [0.15, 0.2) is 30.5 Å². The van der Waals surface area contributed by atoms with Crippen molar-refractivity contribution in [2.45, 2.75) is 6.18 Å². The van der Waals surface area contributed by atoms with Crippen LogP contribution in [0.5, 0.6) is 0 Å². The number of rotatable bonds is 1. The van der Waals surface area contributed by atoms with Crippen LogP contribution in [0.1, 0.15) is 5.56 Å². The van der Waals surface area contributed by atoms with Gasteiger partial charge in [-0.25, -0.2) is 14.4 Å². The Balaban J connectivity index is 2.17. The summed E-state index contributed by atoms with van der Waals surface area (Å²) >= 11 is 5.83. The second-order valence-corrected chi connectivity index (χ2v) is 4.67. The standard InChI is InChI=1S/C13H6ClF4N3/c14-11-8(3-6(5-19-11)13(16,17)18)12-20-9-2-1-7(15)4-10(9)21-12/h1-5H,(H,20,21). The van der Waals surface area contributed by atoms with Gasteiger partial charge in [0.2, 0.25) is 0 Å². The van der Waals surface area contributed by atoms with Gasteiger partial charge in [-0.15, -0.1) is 0 Å². The number of benzene rings is 1. The van der Waals surface area contributed by atoms with Crippen molar-refractivity contribution in [1.82, 2.24) is 15.0 Å². The molecule has 0 bridgehead atoms. The summed E-state index contributed by atoms with van der Waals surface area (Å²) in [6.07, 6.45) is -3.89. The predicted molar refractivity (Wildman–Crippen MR) is 69.3 cm³/mol. The Morgan fingerprint density at radius 3 is 2.62 bits per heavy atom. The second kappa shape index (κ2) is 4.70. The maximum Gasteiger partial charge on any atom is 0.417 e. The molecule has 3 nitrogen and oxygen atoms in total. The molecule has 8 heteroatoms. The van der Waals surface area contributed by atoms with E-state index in [4.69, 9.17) is 11.6 Å². The van der Waals surface area contributed by atoms with Gasteiger partial charge in [-0.05, 0) is 24.3 Å². The quantitative estimate of drug-likeness (QED) is 0.533. The summed E-state index contributed by atoms with van der Waals surface area (Å²) < 4.78 is 51.2. The van der Waals surface area contributed by atoms with E-state index in [-0.39, 0.29) is 16.5 Å². The Morgan fingerprint density at radius 2 is 1.90 bits per heavy atom. The lowest BCUT2D eigenvalue weighted by atomic mass is 10.2. The maximum absolute atomic E-state index is 13.1. The van der Waals surface area contributed by atoms with Gasteiger partial charge < -0.3 is 4.98 Å². The van der Waals surface area contributed by atoms with Crippen molar-refractivity contribution >= 4 is 22.6 Å². The van der Waals surface area contributed by atoms with E-state index in [0.717, 1.165) is 6.07 Å². The first-order chi connectivity index (χ1) is 9.84. The molecule has 0 unspecified atom stereocenters.